The number of aryl methyl sites for hydroxylation is 1. The Morgan fingerprint density at radius 3 is 2.64 bits per heavy atom. The van der Waals surface area contributed by atoms with Crippen LogP contribution in [0.2, 0.25) is 0 Å². The lowest BCUT2D eigenvalue weighted by Gasteiger charge is -2.07. The van der Waals surface area contributed by atoms with Gasteiger partial charge >= 0.3 is 0 Å². The van der Waals surface area contributed by atoms with Gasteiger partial charge in [-0.3, -0.25) is 4.98 Å². The minimum atomic E-state index is 0.442. The van der Waals surface area contributed by atoms with Crippen LogP contribution in [0.3, 0.4) is 0 Å². The molecule has 0 spiro atoms. The Bertz CT molecular complexity index is 965. The topological polar surface area (TPSA) is 79.4 Å². The predicted molar refractivity (Wildman–Crippen MR) is 95.6 cm³/mol. The highest BCUT2D eigenvalue weighted by Gasteiger charge is 2.12. The molecule has 8 nitrogen and oxygen atoms in total. The summed E-state index contributed by atoms with van der Waals surface area (Å²) in [5, 5.41) is 8.81. The third kappa shape index (κ3) is 3.41. The molecule has 0 N–H and O–H groups in total. The van der Waals surface area contributed by atoms with Gasteiger partial charge in [-0.1, -0.05) is 0 Å². The first kappa shape index (κ1) is 16.8. The number of hydrogen-bond acceptors (Lipinski definition) is 7. The fourth-order valence-electron chi connectivity index (χ4n) is 2.19. The minimum Gasteiger partial charge on any atom is -0.493 e. The van der Waals surface area contributed by atoms with Gasteiger partial charge in [0.25, 0.3) is 0 Å². The van der Waals surface area contributed by atoms with Gasteiger partial charge in [0.15, 0.2) is 11.5 Å². The Morgan fingerprint density at radius 2 is 1.96 bits per heavy atom. The minimum absolute atomic E-state index is 0.442. The molecule has 128 valence electrons. The predicted octanol–water partition coefficient (Wildman–Crippen LogP) is 2.31. The molecule has 0 aliphatic heterocycles. The van der Waals surface area contributed by atoms with Gasteiger partial charge in [0.1, 0.15) is 5.69 Å². The van der Waals surface area contributed by atoms with Crippen LogP contribution in [0.25, 0.3) is 11.5 Å². The van der Waals surface area contributed by atoms with Crippen LogP contribution in [0.4, 0.5) is 0 Å². The maximum Gasteiger partial charge on any atom is 0.219 e. The van der Waals surface area contributed by atoms with E-state index in [0.29, 0.717) is 27.8 Å². The van der Waals surface area contributed by atoms with Crippen LogP contribution in [-0.2, 0) is 7.05 Å². The number of benzene rings is 1. The Balaban J connectivity index is 2.01. The van der Waals surface area contributed by atoms with Gasteiger partial charge in [-0.2, -0.15) is 9.78 Å². The van der Waals surface area contributed by atoms with Gasteiger partial charge in [0, 0.05) is 19.4 Å². The second-order valence-electron chi connectivity index (χ2n) is 4.99. The standard InChI is InChI=1S/C16H16N6O2S/c1-21-16(25)22(15(20-21)12-10-17-6-7-18-12)19-9-11-4-5-13(23-2)14(8-11)24-3/h4-10H,1-3H3. The largest absolute Gasteiger partial charge is 0.493 e. The normalized spacial score (nSPS) is 11.0. The molecule has 9 heteroatoms. The highest BCUT2D eigenvalue weighted by Crippen LogP contribution is 2.27. The zero-order valence-electron chi connectivity index (χ0n) is 13.9. The van der Waals surface area contributed by atoms with Crippen molar-refractivity contribution in [2.24, 2.45) is 12.1 Å². The van der Waals surface area contributed by atoms with Crippen molar-refractivity contribution in [3.05, 3.63) is 47.1 Å². The van der Waals surface area contributed by atoms with Crippen LogP contribution in [0.15, 0.2) is 41.9 Å². The van der Waals surface area contributed by atoms with E-state index in [-0.39, 0.29) is 0 Å². The van der Waals surface area contributed by atoms with E-state index in [1.54, 1.807) is 50.8 Å². The van der Waals surface area contributed by atoms with Gasteiger partial charge in [-0.05, 0) is 36.0 Å². The number of nitrogens with zero attached hydrogens (tertiary/aromatic N) is 6. The summed E-state index contributed by atoms with van der Waals surface area (Å²) in [7, 11) is 4.93. The summed E-state index contributed by atoms with van der Waals surface area (Å²) in [6.07, 6.45) is 6.46. The second kappa shape index (κ2) is 7.22. The second-order valence-corrected chi connectivity index (χ2v) is 5.36. The third-order valence-corrected chi connectivity index (χ3v) is 3.86. The molecule has 0 bridgehead atoms. The van der Waals surface area contributed by atoms with E-state index >= 15 is 0 Å². The van der Waals surface area contributed by atoms with Crippen LogP contribution in [-0.4, -0.2) is 44.9 Å². The van der Waals surface area contributed by atoms with E-state index in [1.807, 2.05) is 18.2 Å². The van der Waals surface area contributed by atoms with Crippen LogP contribution >= 0.6 is 12.2 Å². The van der Waals surface area contributed by atoms with Crippen molar-refractivity contribution in [2.45, 2.75) is 0 Å². The molecule has 0 fully saturated rings. The smallest absolute Gasteiger partial charge is 0.219 e. The quantitative estimate of drug-likeness (QED) is 0.516. The molecule has 3 rings (SSSR count). The molecular weight excluding hydrogens is 340 g/mol. The molecule has 0 unspecified atom stereocenters. The number of rotatable bonds is 5. The molecular formula is C16H16N6O2S. The van der Waals surface area contributed by atoms with Crippen molar-refractivity contribution in [1.29, 1.82) is 0 Å². The molecule has 0 amide bonds. The van der Waals surface area contributed by atoms with E-state index in [0.717, 1.165) is 5.56 Å². The summed E-state index contributed by atoms with van der Waals surface area (Å²) in [4.78, 5) is 8.31. The summed E-state index contributed by atoms with van der Waals surface area (Å²) in [6.45, 7) is 0. The molecule has 0 saturated heterocycles. The fourth-order valence-corrected chi connectivity index (χ4v) is 2.37. The van der Waals surface area contributed by atoms with E-state index in [1.165, 1.54) is 4.68 Å². The number of hydrogen-bond donors (Lipinski definition) is 0. The Kier molecular flexibility index (Phi) is 4.85. The van der Waals surface area contributed by atoms with Crippen LogP contribution in [0.5, 0.6) is 11.5 Å². The van der Waals surface area contributed by atoms with E-state index < -0.39 is 0 Å². The molecule has 2 heterocycles. The van der Waals surface area contributed by atoms with E-state index in [4.69, 9.17) is 21.7 Å². The van der Waals surface area contributed by atoms with Gasteiger partial charge in [0.2, 0.25) is 10.6 Å². The molecule has 3 aromatic rings. The zero-order chi connectivity index (χ0) is 17.8. The maximum atomic E-state index is 5.37. The molecule has 2 aromatic heterocycles. The number of ether oxygens (including phenoxy) is 2. The van der Waals surface area contributed by atoms with E-state index in [9.17, 15) is 0 Å². The van der Waals surface area contributed by atoms with E-state index in [2.05, 4.69) is 20.2 Å². The average Bonchev–Trinajstić information content (AvgIpc) is 2.95. The SMILES string of the molecule is COc1ccc(C=Nn2c(-c3cnccn3)nn(C)c2=S)cc1OC. The van der Waals surface area contributed by atoms with Gasteiger partial charge in [0.05, 0.1) is 26.6 Å². The molecule has 0 atom stereocenters. The maximum absolute atomic E-state index is 5.37. The van der Waals surface area contributed by atoms with Crippen molar-refractivity contribution in [2.75, 3.05) is 14.2 Å². The van der Waals surface area contributed by atoms with Crippen molar-refractivity contribution < 1.29 is 9.47 Å². The lowest BCUT2D eigenvalue weighted by molar-refractivity contribution is 0.355. The summed E-state index contributed by atoms with van der Waals surface area (Å²) in [5.74, 6) is 1.78. The van der Waals surface area contributed by atoms with Crippen molar-refractivity contribution >= 4 is 18.4 Å². The summed E-state index contributed by atoms with van der Waals surface area (Å²) < 4.78 is 14.1. The Hall–Kier alpha value is -3.07. The lowest BCUT2D eigenvalue weighted by Crippen LogP contribution is -1.97. The molecule has 0 aliphatic carbocycles. The lowest BCUT2D eigenvalue weighted by atomic mass is 10.2. The average molecular weight is 356 g/mol. The highest BCUT2D eigenvalue weighted by molar-refractivity contribution is 7.71. The van der Waals surface area contributed by atoms with Gasteiger partial charge in [-0.25, -0.2) is 9.67 Å². The molecule has 0 aliphatic rings. The molecule has 0 radical (unpaired) electrons. The Labute approximate surface area is 149 Å². The first-order chi connectivity index (χ1) is 12.1. The highest BCUT2D eigenvalue weighted by atomic mass is 32.1. The first-order valence-electron chi connectivity index (χ1n) is 7.33. The van der Waals surface area contributed by atoms with Crippen LogP contribution in [0.1, 0.15) is 5.56 Å². The number of methoxy groups -OCH3 is 2. The van der Waals surface area contributed by atoms with Gasteiger partial charge < -0.3 is 9.47 Å². The summed E-state index contributed by atoms with van der Waals surface area (Å²) in [6, 6.07) is 5.50. The molecule has 0 saturated carbocycles. The summed E-state index contributed by atoms with van der Waals surface area (Å²) >= 11 is 5.37. The first-order valence-corrected chi connectivity index (χ1v) is 7.73. The Morgan fingerprint density at radius 1 is 1.16 bits per heavy atom. The summed E-state index contributed by atoms with van der Waals surface area (Å²) in [5.41, 5.74) is 1.41. The molecule has 25 heavy (non-hydrogen) atoms. The van der Waals surface area contributed by atoms with Crippen molar-refractivity contribution in [3.63, 3.8) is 0 Å². The van der Waals surface area contributed by atoms with Crippen molar-refractivity contribution in [1.82, 2.24) is 24.4 Å². The van der Waals surface area contributed by atoms with Crippen molar-refractivity contribution in [3.8, 4) is 23.0 Å². The monoisotopic (exact) mass is 356 g/mol. The molecule has 1 aromatic carbocycles. The van der Waals surface area contributed by atoms with Gasteiger partial charge in [-0.15, -0.1) is 5.10 Å². The fraction of sp³-hybridized carbons (Fsp3) is 0.188. The third-order valence-electron chi connectivity index (χ3n) is 3.43. The zero-order valence-corrected chi connectivity index (χ0v) is 14.8. The van der Waals surface area contributed by atoms with Crippen LogP contribution in [0, 0.1) is 4.77 Å². The van der Waals surface area contributed by atoms with Crippen LogP contribution < -0.4 is 9.47 Å². The number of aromatic nitrogens is 5.